The van der Waals surface area contributed by atoms with Crippen LogP contribution < -0.4 is 25.1 Å². The Morgan fingerprint density at radius 1 is 0.211 bits per heavy atom. The molecule has 0 unspecified atom stereocenters. The van der Waals surface area contributed by atoms with E-state index in [1.165, 1.54) is 5.56 Å². The minimum atomic E-state index is -0.344. The molecule has 0 bridgehead atoms. The zero-order valence-corrected chi connectivity index (χ0v) is 63.8. The molecule has 0 spiro atoms. The molecule has 20 aromatic rings. The third-order valence-corrected chi connectivity index (χ3v) is 22.0. The van der Waals surface area contributed by atoms with Gasteiger partial charge in [-0.3, -0.25) is 0 Å². The second-order valence-corrected chi connectivity index (χ2v) is 29.9. The molecule has 1 fully saturated rings. The average Bonchev–Trinajstić information content (AvgIpc) is 1.31. The van der Waals surface area contributed by atoms with Crippen molar-refractivity contribution in [3.05, 3.63) is 394 Å². The summed E-state index contributed by atoms with van der Waals surface area (Å²) in [4.78, 5) is 9.33. The molecule has 550 valence electrons. The van der Waals surface area contributed by atoms with Crippen molar-refractivity contribution in [2.75, 3.05) is 19.6 Å². The normalized spacial score (nSPS) is 13.0. The van der Waals surface area contributed by atoms with Gasteiger partial charge in [0.1, 0.15) is 44.7 Å². The first-order chi connectivity index (χ1) is 55.9. The third-order valence-electron chi connectivity index (χ3n) is 22.0. The van der Waals surface area contributed by atoms with Crippen LogP contribution in [0.1, 0.15) is 33.3 Å². The molecule has 1 saturated heterocycles. The highest BCUT2D eigenvalue weighted by Gasteiger charge is 2.52. The molecule has 0 atom stereocenters. The lowest BCUT2D eigenvalue weighted by Gasteiger charge is -2.33. The van der Waals surface area contributed by atoms with E-state index in [1.54, 1.807) is 0 Å². The summed E-state index contributed by atoms with van der Waals surface area (Å²) in [5.74, 6) is 0. The zero-order chi connectivity index (χ0) is 76.9. The van der Waals surface area contributed by atoms with Gasteiger partial charge in [0.05, 0.1) is 34.0 Å². The highest BCUT2D eigenvalue weighted by atomic mass is 16.7. The molecule has 0 radical (unpaired) electrons. The summed E-state index contributed by atoms with van der Waals surface area (Å²) in [5.41, 5.74) is 23.5. The van der Waals surface area contributed by atoms with Crippen LogP contribution in [-0.2, 0) is 9.31 Å². The van der Waals surface area contributed by atoms with E-state index >= 15 is 0 Å². The Bertz CT molecular complexity index is 6770. The topological polar surface area (TPSA) is 84.0 Å². The molecule has 5 heterocycles. The Labute approximate surface area is 661 Å². The van der Waals surface area contributed by atoms with Gasteiger partial charge in [-0.2, -0.15) is 0 Å². The van der Waals surface area contributed by atoms with Crippen LogP contribution >= 0.6 is 0 Å². The average molecular weight is 1480 g/mol. The van der Waals surface area contributed by atoms with Crippen molar-refractivity contribution in [3.63, 3.8) is 0 Å². The molecule has 0 amide bonds. The lowest BCUT2D eigenvalue weighted by molar-refractivity contribution is 0.00578. The molecular weight excluding hydrogens is 1400 g/mol. The fraction of sp³-hybridized carbons (Fsp3) is 0.0680. The van der Waals surface area contributed by atoms with E-state index in [0.29, 0.717) is 0 Å². The van der Waals surface area contributed by atoms with Gasteiger partial charge < -0.3 is 46.6 Å². The highest BCUT2D eigenvalue weighted by molar-refractivity contribution is 6.62. The fourth-order valence-electron chi connectivity index (χ4n) is 15.7. The summed E-state index contributed by atoms with van der Waals surface area (Å²) in [6, 6.07) is 135. The standard InChI is InChI=1S/C48H32N2O2.C37H28N2O.C18H19BO3/c1-4-14-35(15-5-1)49(36-16-6-2-7-17-36)43-28-24-34(33-25-29-47-42(30-33)40-21-11-13-23-46(40)51-47)31-44(43)50(37-18-8-3-9-19-37)38-26-27-41-39-20-10-12-22-45(39)52-48(41)32-38;1-27-21-24-34(38(28-13-5-2-6-14-28)29-15-7-3-8-16-29)35(25-27)39(30-17-9-4-10-18-30)31-22-23-33-32-19-11-12-20-36(32)40-37(33)26-31;1-17(2)18(3,4)22-19(21-17)12-9-10-16-14(11-12)13-7-5-6-8-15(13)20-16/h1-32H;2-26H,1H3;5-11H,1-4H3. The monoisotopic (exact) mass is 1480 g/mol. The lowest BCUT2D eigenvalue weighted by atomic mass is 9.78. The van der Waals surface area contributed by atoms with E-state index in [9.17, 15) is 0 Å². The van der Waals surface area contributed by atoms with Crippen LogP contribution in [0.5, 0.6) is 0 Å². The fourth-order valence-corrected chi connectivity index (χ4v) is 15.7. The number of hydrogen-bond acceptors (Lipinski definition) is 10. The van der Waals surface area contributed by atoms with Gasteiger partial charge in [0.2, 0.25) is 0 Å². The van der Waals surface area contributed by atoms with Crippen LogP contribution in [0.2, 0.25) is 0 Å². The second-order valence-electron chi connectivity index (χ2n) is 29.9. The minimum absolute atomic E-state index is 0.328. The zero-order valence-electron chi connectivity index (χ0n) is 63.8. The maximum Gasteiger partial charge on any atom is 0.494 e. The van der Waals surface area contributed by atoms with Gasteiger partial charge in [0.15, 0.2) is 0 Å². The number of fused-ring (bicyclic) bond motifs is 12. The number of benzene rings is 16. The summed E-state index contributed by atoms with van der Waals surface area (Å²) in [5, 5.41) is 8.89. The number of anilines is 12. The Morgan fingerprint density at radius 3 is 0.904 bits per heavy atom. The first-order valence-electron chi connectivity index (χ1n) is 38.7. The van der Waals surface area contributed by atoms with Crippen molar-refractivity contribution in [1.82, 2.24) is 0 Å². The minimum Gasteiger partial charge on any atom is -0.456 e. The first-order valence-corrected chi connectivity index (χ1v) is 38.7. The van der Waals surface area contributed by atoms with Gasteiger partial charge in [-0.05, 0) is 221 Å². The smallest absolute Gasteiger partial charge is 0.456 e. The third kappa shape index (κ3) is 13.3. The van der Waals surface area contributed by atoms with Crippen LogP contribution in [0.3, 0.4) is 0 Å². The molecule has 0 N–H and O–H groups in total. The summed E-state index contributed by atoms with van der Waals surface area (Å²) >= 11 is 0. The van der Waals surface area contributed by atoms with E-state index < -0.39 is 0 Å². The van der Waals surface area contributed by atoms with Crippen LogP contribution in [-0.4, -0.2) is 18.3 Å². The van der Waals surface area contributed by atoms with Crippen molar-refractivity contribution < 1.29 is 27.0 Å². The maximum absolute atomic E-state index is 6.45. The molecular formula is C103H79BN4O6. The summed E-state index contributed by atoms with van der Waals surface area (Å²) in [6.45, 7) is 10.4. The summed E-state index contributed by atoms with van der Waals surface area (Å²) in [6.07, 6.45) is 0. The number of rotatable bonds is 14. The molecule has 21 rings (SSSR count). The van der Waals surface area contributed by atoms with E-state index in [2.05, 4.69) is 376 Å². The lowest BCUT2D eigenvalue weighted by Crippen LogP contribution is -2.41. The van der Waals surface area contributed by atoms with Gasteiger partial charge in [0, 0.05) is 101 Å². The number of nitrogens with zero attached hydrogens (tertiary/aromatic N) is 4. The first kappa shape index (κ1) is 70.3. The molecule has 16 aromatic carbocycles. The molecule has 0 saturated carbocycles. The Kier molecular flexibility index (Phi) is 18.3. The Balaban J connectivity index is 0.000000124. The van der Waals surface area contributed by atoms with Crippen LogP contribution in [0.4, 0.5) is 68.2 Å². The Hall–Kier alpha value is -14.1. The van der Waals surface area contributed by atoms with Crippen molar-refractivity contribution in [1.29, 1.82) is 0 Å². The quantitative estimate of drug-likeness (QED) is 0.0982. The second kappa shape index (κ2) is 29.6. The predicted molar refractivity (Wildman–Crippen MR) is 473 cm³/mol. The van der Waals surface area contributed by atoms with E-state index in [-0.39, 0.29) is 18.3 Å². The largest absolute Gasteiger partial charge is 0.494 e. The van der Waals surface area contributed by atoms with Gasteiger partial charge in [-0.25, -0.2) is 0 Å². The van der Waals surface area contributed by atoms with Gasteiger partial charge >= 0.3 is 7.12 Å². The van der Waals surface area contributed by atoms with Crippen molar-refractivity contribution in [2.45, 2.75) is 45.8 Å². The van der Waals surface area contributed by atoms with Gasteiger partial charge in [-0.1, -0.05) is 212 Å². The number of para-hydroxylation sites is 10. The molecule has 114 heavy (non-hydrogen) atoms. The molecule has 1 aliphatic heterocycles. The molecule has 1 aliphatic rings. The van der Waals surface area contributed by atoms with Crippen molar-refractivity contribution in [3.8, 4) is 11.1 Å². The number of aryl methyl sites for hydroxylation is 1. The molecule has 4 aromatic heterocycles. The van der Waals surface area contributed by atoms with E-state index in [0.717, 1.165) is 173 Å². The van der Waals surface area contributed by atoms with Crippen molar-refractivity contribution in [2.24, 2.45) is 0 Å². The number of furan rings is 4. The van der Waals surface area contributed by atoms with E-state index in [1.807, 2.05) is 66.7 Å². The summed E-state index contributed by atoms with van der Waals surface area (Å²) < 4.78 is 37.1. The molecule has 10 nitrogen and oxygen atoms in total. The summed E-state index contributed by atoms with van der Waals surface area (Å²) in [7, 11) is -0.344. The SMILES string of the molecule is CC1(C)OB(c2ccc3oc4ccccc4c3c2)OC1(C)C.Cc1ccc(N(c2ccccc2)c2ccccc2)c(N(c2ccccc2)c2ccc3c(c2)oc2ccccc23)c1.c1ccc(N(c2ccccc2)c2ccc(-c3ccc4oc5ccccc5c4c3)cc2N(c2ccccc2)c2ccc3c(c2)oc2ccccc23)cc1. The molecule has 11 heteroatoms. The van der Waals surface area contributed by atoms with Gasteiger partial charge in [0.25, 0.3) is 0 Å². The van der Waals surface area contributed by atoms with Crippen LogP contribution in [0, 0.1) is 6.92 Å². The number of hydrogen-bond donors (Lipinski definition) is 0. The van der Waals surface area contributed by atoms with Crippen molar-refractivity contribution >= 4 is 169 Å². The Morgan fingerprint density at radius 2 is 0.500 bits per heavy atom. The predicted octanol–water partition coefficient (Wildman–Crippen LogP) is 28.8. The van der Waals surface area contributed by atoms with Crippen LogP contribution in [0.25, 0.3) is 98.9 Å². The highest BCUT2D eigenvalue weighted by Crippen LogP contribution is 2.51. The van der Waals surface area contributed by atoms with E-state index in [4.69, 9.17) is 27.0 Å². The van der Waals surface area contributed by atoms with Crippen LogP contribution in [0.15, 0.2) is 406 Å². The van der Waals surface area contributed by atoms with Gasteiger partial charge in [-0.15, -0.1) is 0 Å². The maximum atomic E-state index is 6.45. The molecule has 0 aliphatic carbocycles.